The Morgan fingerprint density at radius 1 is 1.09 bits per heavy atom. The number of nitrogens with one attached hydrogen (secondary N) is 1. The molecule has 1 atom stereocenters. The summed E-state index contributed by atoms with van der Waals surface area (Å²) in [4.78, 5) is 1.35. The van der Waals surface area contributed by atoms with Crippen LogP contribution in [0.4, 0.5) is 5.69 Å². The Balaban J connectivity index is 1.68. The summed E-state index contributed by atoms with van der Waals surface area (Å²) in [6.07, 6.45) is 2.29. The molecule has 2 nitrogen and oxygen atoms in total. The van der Waals surface area contributed by atoms with Crippen molar-refractivity contribution in [2.24, 2.45) is 0 Å². The van der Waals surface area contributed by atoms with Crippen LogP contribution in [0.1, 0.15) is 41.2 Å². The van der Waals surface area contributed by atoms with Gasteiger partial charge in [0.25, 0.3) is 0 Å². The zero-order valence-electron chi connectivity index (χ0n) is 13.8. The molecule has 0 fully saturated rings. The van der Waals surface area contributed by atoms with Crippen molar-refractivity contribution < 1.29 is 4.42 Å². The third kappa shape index (κ3) is 2.53. The van der Waals surface area contributed by atoms with Crippen molar-refractivity contribution in [2.75, 3.05) is 5.32 Å². The van der Waals surface area contributed by atoms with Crippen molar-refractivity contribution in [3.63, 3.8) is 0 Å². The summed E-state index contributed by atoms with van der Waals surface area (Å²) < 4.78 is 6.11. The zero-order valence-corrected chi connectivity index (χ0v) is 14.6. The van der Waals surface area contributed by atoms with Crippen LogP contribution < -0.4 is 5.32 Å². The second-order valence-electron chi connectivity index (χ2n) is 6.32. The van der Waals surface area contributed by atoms with Crippen LogP contribution in [0.25, 0.3) is 11.0 Å². The first kappa shape index (κ1) is 14.7. The van der Waals surface area contributed by atoms with E-state index in [1.807, 2.05) is 11.8 Å². The van der Waals surface area contributed by atoms with Crippen molar-refractivity contribution in [2.45, 2.75) is 43.9 Å². The second-order valence-corrected chi connectivity index (χ2v) is 7.43. The van der Waals surface area contributed by atoms with Gasteiger partial charge in [-0.3, -0.25) is 0 Å². The molecule has 0 saturated heterocycles. The van der Waals surface area contributed by atoms with Crippen LogP contribution in [-0.4, -0.2) is 0 Å². The lowest BCUT2D eigenvalue weighted by molar-refractivity contribution is 0.557. The maximum Gasteiger partial charge on any atom is 0.138 e. The van der Waals surface area contributed by atoms with Crippen LogP contribution in [0, 0.1) is 13.8 Å². The van der Waals surface area contributed by atoms with E-state index in [9.17, 15) is 0 Å². The standard InChI is InChI=1S/C20H21NOS/c1-4-5-14-8-9-16-15(10-14)11-17(22-16)20-21-18-12(2)6-7-13(3)19(18)23-20/h6-11,20-21H,4-5H2,1-3H3. The van der Waals surface area contributed by atoms with Gasteiger partial charge in [-0.1, -0.05) is 43.3 Å². The largest absolute Gasteiger partial charge is 0.458 e. The lowest BCUT2D eigenvalue weighted by Gasteiger charge is -2.07. The average molecular weight is 323 g/mol. The number of rotatable bonds is 3. The predicted octanol–water partition coefficient (Wildman–Crippen LogP) is 6.22. The third-order valence-corrected chi connectivity index (χ3v) is 5.82. The molecule has 0 aliphatic carbocycles. The highest BCUT2D eigenvalue weighted by molar-refractivity contribution is 8.00. The summed E-state index contributed by atoms with van der Waals surface area (Å²) in [5.41, 5.74) is 6.24. The van der Waals surface area contributed by atoms with E-state index in [-0.39, 0.29) is 5.37 Å². The van der Waals surface area contributed by atoms with Crippen LogP contribution in [0.15, 0.2) is 45.7 Å². The minimum Gasteiger partial charge on any atom is -0.458 e. The van der Waals surface area contributed by atoms with E-state index in [1.165, 1.54) is 39.1 Å². The summed E-state index contributed by atoms with van der Waals surface area (Å²) in [6.45, 7) is 6.54. The van der Waals surface area contributed by atoms with E-state index in [1.54, 1.807) is 0 Å². The van der Waals surface area contributed by atoms with Crippen molar-refractivity contribution >= 4 is 28.4 Å². The van der Waals surface area contributed by atoms with Crippen LogP contribution in [0.5, 0.6) is 0 Å². The Labute approximate surface area is 141 Å². The SMILES string of the molecule is CCCc1ccc2oc(C3Nc4c(C)ccc(C)c4S3)cc2c1. The molecule has 1 aliphatic rings. The minimum atomic E-state index is 0.159. The van der Waals surface area contributed by atoms with Crippen LogP contribution in [0.3, 0.4) is 0 Å². The van der Waals surface area contributed by atoms with Gasteiger partial charge in [-0.25, -0.2) is 0 Å². The summed E-state index contributed by atoms with van der Waals surface area (Å²) in [5.74, 6) is 1.01. The van der Waals surface area contributed by atoms with Gasteiger partial charge in [0.05, 0.1) is 5.69 Å². The molecule has 0 radical (unpaired) electrons. The monoisotopic (exact) mass is 323 g/mol. The summed E-state index contributed by atoms with van der Waals surface area (Å²) >= 11 is 1.85. The first-order chi connectivity index (χ1) is 11.2. The van der Waals surface area contributed by atoms with Gasteiger partial charge >= 0.3 is 0 Å². The molecule has 3 aromatic rings. The molecule has 1 unspecified atom stereocenters. The van der Waals surface area contributed by atoms with E-state index in [0.717, 1.165) is 17.8 Å². The summed E-state index contributed by atoms with van der Waals surface area (Å²) in [7, 11) is 0. The molecule has 1 N–H and O–H groups in total. The Bertz CT molecular complexity index is 850. The Kier molecular flexibility index (Phi) is 3.61. The summed E-state index contributed by atoms with van der Waals surface area (Å²) in [5, 5.41) is 5.00. The molecule has 2 heterocycles. The fourth-order valence-corrected chi connectivity index (χ4v) is 4.45. The number of anilines is 1. The Hall–Kier alpha value is -1.87. The van der Waals surface area contributed by atoms with Gasteiger partial charge < -0.3 is 9.73 Å². The third-order valence-electron chi connectivity index (χ3n) is 4.47. The van der Waals surface area contributed by atoms with Crippen molar-refractivity contribution in [3.8, 4) is 0 Å². The number of benzene rings is 2. The molecule has 2 aromatic carbocycles. The topological polar surface area (TPSA) is 25.2 Å². The first-order valence-corrected chi connectivity index (χ1v) is 9.09. The normalized spacial score (nSPS) is 16.6. The maximum absolute atomic E-state index is 6.11. The average Bonchev–Trinajstić information content (AvgIpc) is 3.15. The zero-order chi connectivity index (χ0) is 16.0. The molecule has 0 spiro atoms. The van der Waals surface area contributed by atoms with Crippen LogP contribution in [0.2, 0.25) is 0 Å². The molecule has 23 heavy (non-hydrogen) atoms. The first-order valence-electron chi connectivity index (χ1n) is 8.21. The number of thioether (sulfide) groups is 1. The minimum absolute atomic E-state index is 0.159. The smallest absolute Gasteiger partial charge is 0.138 e. The summed E-state index contributed by atoms with van der Waals surface area (Å²) in [6, 6.07) is 13.1. The molecule has 1 aliphatic heterocycles. The second kappa shape index (κ2) is 5.64. The maximum atomic E-state index is 6.11. The molecule has 0 bridgehead atoms. The molecule has 3 heteroatoms. The number of furan rings is 1. The van der Waals surface area contributed by atoms with Gasteiger partial charge in [-0.2, -0.15) is 0 Å². The fourth-order valence-electron chi connectivity index (χ4n) is 3.21. The van der Waals surface area contributed by atoms with E-state index < -0.39 is 0 Å². The van der Waals surface area contributed by atoms with E-state index >= 15 is 0 Å². The molecule has 118 valence electrons. The fraction of sp³-hybridized carbons (Fsp3) is 0.300. The lowest BCUT2D eigenvalue weighted by Crippen LogP contribution is -2.00. The number of hydrogen-bond acceptors (Lipinski definition) is 3. The number of hydrogen-bond donors (Lipinski definition) is 1. The predicted molar refractivity (Wildman–Crippen MR) is 98.3 cm³/mol. The molecular formula is C20H21NOS. The number of fused-ring (bicyclic) bond motifs is 2. The highest BCUT2D eigenvalue weighted by Crippen LogP contribution is 2.50. The lowest BCUT2D eigenvalue weighted by atomic mass is 10.1. The van der Waals surface area contributed by atoms with Gasteiger partial charge in [0.15, 0.2) is 0 Å². The van der Waals surface area contributed by atoms with Gasteiger partial charge in [0, 0.05) is 10.3 Å². The Morgan fingerprint density at radius 2 is 1.91 bits per heavy atom. The van der Waals surface area contributed by atoms with Gasteiger partial charge in [-0.15, -0.1) is 0 Å². The number of aryl methyl sites for hydroxylation is 3. The van der Waals surface area contributed by atoms with Crippen molar-refractivity contribution in [1.82, 2.24) is 0 Å². The van der Waals surface area contributed by atoms with Gasteiger partial charge in [0.2, 0.25) is 0 Å². The highest BCUT2D eigenvalue weighted by atomic mass is 32.2. The van der Waals surface area contributed by atoms with Gasteiger partial charge in [0.1, 0.15) is 16.7 Å². The molecular weight excluding hydrogens is 302 g/mol. The van der Waals surface area contributed by atoms with Crippen LogP contribution >= 0.6 is 11.8 Å². The molecule has 1 aromatic heterocycles. The Morgan fingerprint density at radius 3 is 2.70 bits per heavy atom. The van der Waals surface area contributed by atoms with Crippen molar-refractivity contribution in [3.05, 3.63) is 58.8 Å². The van der Waals surface area contributed by atoms with E-state index in [4.69, 9.17) is 4.42 Å². The molecule has 0 saturated carbocycles. The highest BCUT2D eigenvalue weighted by Gasteiger charge is 2.28. The molecule has 0 amide bonds. The van der Waals surface area contributed by atoms with Crippen LogP contribution in [-0.2, 0) is 6.42 Å². The van der Waals surface area contributed by atoms with E-state index in [0.29, 0.717) is 0 Å². The molecule has 4 rings (SSSR count). The van der Waals surface area contributed by atoms with Crippen molar-refractivity contribution in [1.29, 1.82) is 0 Å². The van der Waals surface area contributed by atoms with Gasteiger partial charge in [-0.05, 0) is 55.2 Å². The quantitative estimate of drug-likeness (QED) is 0.619. The van der Waals surface area contributed by atoms with E-state index in [2.05, 4.69) is 62.5 Å².